The number of phenols is 1. The average Bonchev–Trinajstić information content (AvgIpc) is 3.48. The van der Waals surface area contributed by atoms with Crippen LogP contribution in [0.25, 0.3) is 0 Å². The summed E-state index contributed by atoms with van der Waals surface area (Å²) in [5.41, 5.74) is 6.42. The molecule has 0 aliphatic carbocycles. The van der Waals surface area contributed by atoms with Gasteiger partial charge >= 0.3 is 0 Å². The number of benzene rings is 4. The number of nitrogens with one attached hydrogen (secondary N) is 1. The fraction of sp³-hybridized carbons (Fsp3) is 0.378. The van der Waals surface area contributed by atoms with Gasteiger partial charge in [0.15, 0.2) is 0 Å². The zero-order chi connectivity index (χ0) is 38.3. The highest BCUT2D eigenvalue weighted by atomic mass is 16.5. The Labute approximate surface area is 326 Å². The number of carbonyl (C=O) groups is 4. The minimum atomic E-state index is -0.959. The Kier molecular flexibility index (Phi) is 9.71. The lowest BCUT2D eigenvalue weighted by atomic mass is 9.76. The maximum absolute atomic E-state index is 13.3. The molecule has 5 heterocycles. The van der Waals surface area contributed by atoms with Crippen molar-refractivity contribution in [2.45, 2.75) is 50.0 Å². The fourth-order valence-corrected chi connectivity index (χ4v) is 9.42. The van der Waals surface area contributed by atoms with Gasteiger partial charge in [0.05, 0.1) is 17.7 Å². The van der Waals surface area contributed by atoms with Crippen LogP contribution in [0.1, 0.15) is 81.3 Å². The lowest BCUT2D eigenvalue weighted by Gasteiger charge is -2.38. The highest BCUT2D eigenvalue weighted by Gasteiger charge is 2.45. The Hall–Kier alpha value is -5.68. The second-order valence-electron chi connectivity index (χ2n) is 15.8. The van der Waals surface area contributed by atoms with Gasteiger partial charge in [-0.1, -0.05) is 48.5 Å². The SMILES string of the molecule is O=C1CCC(N2C(=O)c3ccc(N4CCN(CCC5CCN(c6ccc(C7c8ccc(O)cc8OC[C@@H]7c7ccccc7)cc6)CC5)CC4)cc3C2=O)C(=O)N1. The van der Waals surface area contributed by atoms with Crippen molar-refractivity contribution < 1.29 is 29.0 Å². The second-order valence-corrected chi connectivity index (χ2v) is 15.8. The number of carbonyl (C=O) groups excluding carboxylic acids is 4. The highest BCUT2D eigenvalue weighted by molar-refractivity contribution is 6.23. The number of aromatic hydroxyl groups is 1. The van der Waals surface area contributed by atoms with Crippen LogP contribution in [0.15, 0.2) is 91.0 Å². The summed E-state index contributed by atoms with van der Waals surface area (Å²) < 4.78 is 6.17. The van der Waals surface area contributed by atoms with Crippen molar-refractivity contribution in [3.63, 3.8) is 0 Å². The van der Waals surface area contributed by atoms with Crippen molar-refractivity contribution in [2.75, 3.05) is 62.2 Å². The molecule has 11 nitrogen and oxygen atoms in total. The molecule has 288 valence electrons. The lowest BCUT2D eigenvalue weighted by molar-refractivity contribution is -0.136. The molecule has 4 aromatic carbocycles. The molecular formula is C45H47N5O6. The number of nitrogens with zero attached hydrogens (tertiary/aromatic N) is 4. The molecule has 4 amide bonds. The molecule has 3 saturated heterocycles. The summed E-state index contributed by atoms with van der Waals surface area (Å²) >= 11 is 0. The van der Waals surface area contributed by atoms with Crippen LogP contribution in [-0.4, -0.2) is 97.0 Å². The van der Waals surface area contributed by atoms with E-state index in [1.54, 1.807) is 24.3 Å². The van der Waals surface area contributed by atoms with Gasteiger partial charge < -0.3 is 19.6 Å². The number of hydrogen-bond acceptors (Lipinski definition) is 9. The van der Waals surface area contributed by atoms with E-state index in [1.165, 1.54) is 36.1 Å². The summed E-state index contributed by atoms with van der Waals surface area (Å²) in [5, 5.41) is 12.4. The molecule has 0 aromatic heterocycles. The number of hydrogen-bond donors (Lipinski definition) is 2. The number of imide groups is 2. The predicted molar refractivity (Wildman–Crippen MR) is 212 cm³/mol. The van der Waals surface area contributed by atoms with Crippen molar-refractivity contribution in [3.05, 3.63) is 119 Å². The van der Waals surface area contributed by atoms with Crippen LogP contribution in [0.2, 0.25) is 0 Å². The van der Waals surface area contributed by atoms with Crippen LogP contribution in [-0.2, 0) is 9.59 Å². The van der Waals surface area contributed by atoms with Gasteiger partial charge in [-0.15, -0.1) is 0 Å². The van der Waals surface area contributed by atoms with Gasteiger partial charge in [0.25, 0.3) is 11.8 Å². The smallest absolute Gasteiger partial charge is 0.262 e. The molecule has 2 N–H and O–H groups in total. The summed E-state index contributed by atoms with van der Waals surface area (Å²) in [6, 6.07) is 29.6. The molecule has 2 unspecified atom stereocenters. The van der Waals surface area contributed by atoms with Gasteiger partial charge in [-0.3, -0.25) is 34.3 Å². The number of ether oxygens (including phenoxy) is 1. The first-order valence-electron chi connectivity index (χ1n) is 20.0. The monoisotopic (exact) mass is 753 g/mol. The maximum Gasteiger partial charge on any atom is 0.262 e. The third-order valence-electron chi connectivity index (χ3n) is 12.6. The molecule has 0 bridgehead atoms. The summed E-state index contributed by atoms with van der Waals surface area (Å²) in [4.78, 5) is 58.9. The molecule has 0 saturated carbocycles. The largest absolute Gasteiger partial charge is 0.508 e. The Balaban J connectivity index is 0.764. The van der Waals surface area contributed by atoms with E-state index < -0.39 is 23.8 Å². The topological polar surface area (TPSA) is 123 Å². The molecule has 3 fully saturated rings. The molecule has 0 radical (unpaired) electrons. The third-order valence-corrected chi connectivity index (χ3v) is 12.6. The zero-order valence-electron chi connectivity index (χ0n) is 31.4. The van der Waals surface area contributed by atoms with E-state index in [9.17, 15) is 24.3 Å². The number of phenolic OH excluding ortho intramolecular Hbond substituents is 1. The molecule has 9 rings (SSSR count). The molecule has 3 atom stereocenters. The van der Waals surface area contributed by atoms with Crippen molar-refractivity contribution in [1.82, 2.24) is 15.1 Å². The number of rotatable bonds is 8. The van der Waals surface area contributed by atoms with Crippen LogP contribution < -0.4 is 19.9 Å². The van der Waals surface area contributed by atoms with Crippen molar-refractivity contribution in [2.24, 2.45) is 5.92 Å². The Morgan fingerprint density at radius 3 is 2.16 bits per heavy atom. The van der Waals surface area contributed by atoms with E-state index in [2.05, 4.69) is 68.5 Å². The second kappa shape index (κ2) is 15.1. The van der Waals surface area contributed by atoms with Gasteiger partial charge in [-0.05, 0) is 85.7 Å². The molecule has 4 aromatic rings. The Morgan fingerprint density at radius 1 is 0.696 bits per heavy atom. The molecule has 0 spiro atoms. The maximum atomic E-state index is 13.3. The van der Waals surface area contributed by atoms with Crippen LogP contribution in [0.3, 0.4) is 0 Å². The van der Waals surface area contributed by atoms with Crippen molar-refractivity contribution in [3.8, 4) is 11.5 Å². The van der Waals surface area contributed by atoms with E-state index in [4.69, 9.17) is 4.74 Å². The van der Waals surface area contributed by atoms with E-state index in [-0.39, 0.29) is 36.3 Å². The number of piperazine rings is 1. The Morgan fingerprint density at radius 2 is 1.41 bits per heavy atom. The average molecular weight is 754 g/mol. The summed E-state index contributed by atoms with van der Waals surface area (Å²) in [6.07, 6.45) is 3.78. The van der Waals surface area contributed by atoms with Crippen LogP contribution in [0.4, 0.5) is 11.4 Å². The summed E-state index contributed by atoms with van der Waals surface area (Å²) in [5.74, 6) is 0.0525. The summed E-state index contributed by atoms with van der Waals surface area (Å²) in [6.45, 7) is 7.25. The molecule has 5 aliphatic heterocycles. The van der Waals surface area contributed by atoms with Crippen LogP contribution in [0, 0.1) is 5.92 Å². The van der Waals surface area contributed by atoms with Gasteiger partial charge in [-0.25, -0.2) is 0 Å². The Bertz CT molecular complexity index is 2140. The van der Waals surface area contributed by atoms with Gasteiger partial charge in [0, 0.05) is 80.5 Å². The zero-order valence-corrected chi connectivity index (χ0v) is 31.4. The number of fused-ring (bicyclic) bond motifs is 2. The van der Waals surface area contributed by atoms with Gasteiger partial charge in [0.1, 0.15) is 17.5 Å². The highest BCUT2D eigenvalue weighted by Crippen LogP contribution is 2.47. The number of anilines is 2. The van der Waals surface area contributed by atoms with E-state index in [1.807, 2.05) is 18.2 Å². The van der Waals surface area contributed by atoms with E-state index in [0.717, 1.165) is 67.7 Å². The normalized spacial score (nSPS) is 23.1. The third kappa shape index (κ3) is 6.89. The van der Waals surface area contributed by atoms with Gasteiger partial charge in [0.2, 0.25) is 11.8 Å². The van der Waals surface area contributed by atoms with Gasteiger partial charge in [-0.2, -0.15) is 0 Å². The first kappa shape index (κ1) is 36.0. The molecule has 11 heteroatoms. The van der Waals surface area contributed by atoms with E-state index in [0.29, 0.717) is 23.7 Å². The minimum absolute atomic E-state index is 0.103. The minimum Gasteiger partial charge on any atom is -0.508 e. The fourth-order valence-electron chi connectivity index (χ4n) is 9.42. The molecule has 5 aliphatic rings. The van der Waals surface area contributed by atoms with Crippen LogP contribution >= 0.6 is 0 Å². The van der Waals surface area contributed by atoms with Crippen LogP contribution in [0.5, 0.6) is 11.5 Å². The molecular weight excluding hydrogens is 707 g/mol. The first-order chi connectivity index (χ1) is 27.3. The van der Waals surface area contributed by atoms with Crippen molar-refractivity contribution in [1.29, 1.82) is 0 Å². The number of piperidine rings is 2. The van der Waals surface area contributed by atoms with E-state index >= 15 is 0 Å². The lowest BCUT2D eigenvalue weighted by Crippen LogP contribution is -2.54. The predicted octanol–water partition coefficient (Wildman–Crippen LogP) is 5.53. The van der Waals surface area contributed by atoms with Crippen molar-refractivity contribution >= 4 is 35.0 Å². The molecule has 56 heavy (non-hydrogen) atoms. The first-order valence-corrected chi connectivity index (χ1v) is 20.0. The summed E-state index contributed by atoms with van der Waals surface area (Å²) in [7, 11) is 0. The standard InChI is InChI=1S/C45H47N5O6/c51-34-11-13-36-40(27-34)56-28-38(30-4-2-1-3-5-30)42(36)31-6-8-32(9-7-31)48-20-17-29(18-21-48)16-19-47-22-24-49(25-23-47)33-10-12-35-37(26-33)45(55)50(44(35)54)39-14-15-41(52)46-43(39)53/h1-13,26-27,29,38-39,42,51H,14-25,28H2,(H,46,52,53)/t38-,39?,42?/m1/s1. The quantitative estimate of drug-likeness (QED) is 0.224. The number of amides is 4.